The zero-order chi connectivity index (χ0) is 16.8. The average Bonchev–Trinajstić information content (AvgIpc) is 3.23. The van der Waals surface area contributed by atoms with Crippen LogP contribution < -0.4 is 4.90 Å². The number of aromatic nitrogens is 3. The molecule has 1 amide bonds. The van der Waals surface area contributed by atoms with Gasteiger partial charge in [0, 0.05) is 32.2 Å². The predicted octanol–water partition coefficient (Wildman–Crippen LogP) is 0.762. The molecule has 128 valence electrons. The van der Waals surface area contributed by atoms with Crippen LogP contribution in [0.4, 0.5) is 10.2 Å². The molecule has 0 radical (unpaired) electrons. The largest absolute Gasteiger partial charge is 0.387 e. The molecule has 1 saturated heterocycles. The lowest BCUT2D eigenvalue weighted by Crippen LogP contribution is -2.35. The Morgan fingerprint density at radius 1 is 1.42 bits per heavy atom. The van der Waals surface area contributed by atoms with Crippen LogP contribution in [0, 0.1) is 17.8 Å². The summed E-state index contributed by atoms with van der Waals surface area (Å²) in [5, 5.41) is 9.69. The van der Waals surface area contributed by atoms with Gasteiger partial charge in [-0.2, -0.15) is 4.39 Å². The molecule has 1 unspecified atom stereocenters. The molecular weight excluding hydrogens is 313 g/mol. The third kappa shape index (κ3) is 2.41. The van der Waals surface area contributed by atoms with Gasteiger partial charge in [-0.05, 0) is 24.7 Å². The van der Waals surface area contributed by atoms with E-state index in [0.717, 1.165) is 18.7 Å². The number of hydrogen-bond acceptors (Lipinski definition) is 5. The van der Waals surface area contributed by atoms with E-state index in [0.29, 0.717) is 42.0 Å². The number of fused-ring (bicyclic) bond motifs is 2. The van der Waals surface area contributed by atoms with Crippen LogP contribution >= 0.6 is 0 Å². The van der Waals surface area contributed by atoms with Crippen LogP contribution in [-0.2, 0) is 4.79 Å². The van der Waals surface area contributed by atoms with Crippen molar-refractivity contribution in [2.45, 2.75) is 18.9 Å². The summed E-state index contributed by atoms with van der Waals surface area (Å²) in [6, 6.07) is 1.74. The molecule has 7 nitrogen and oxygen atoms in total. The molecule has 0 aromatic carbocycles. The van der Waals surface area contributed by atoms with Crippen molar-refractivity contribution in [2.24, 2.45) is 11.8 Å². The van der Waals surface area contributed by atoms with Crippen molar-refractivity contribution >= 4 is 22.8 Å². The summed E-state index contributed by atoms with van der Waals surface area (Å²) < 4.78 is 13.5. The molecule has 0 spiro atoms. The fourth-order valence-corrected chi connectivity index (χ4v) is 4.24. The average molecular weight is 333 g/mol. The SMILES string of the molecule is CN(c1ncnc2[nH]c(F)cc12)C1C[C@@H]2CN(C(=O)CO)C[C@@H]2C1. The Hall–Kier alpha value is -2.22. The van der Waals surface area contributed by atoms with Gasteiger partial charge in [-0.15, -0.1) is 0 Å². The molecule has 2 N–H and O–H groups in total. The molecule has 0 bridgehead atoms. The molecule has 1 aliphatic carbocycles. The highest BCUT2D eigenvalue weighted by Crippen LogP contribution is 2.41. The molecule has 3 atom stereocenters. The number of aromatic amines is 1. The molecule has 3 heterocycles. The van der Waals surface area contributed by atoms with E-state index in [4.69, 9.17) is 5.11 Å². The van der Waals surface area contributed by atoms with Crippen LogP contribution in [-0.4, -0.2) is 63.7 Å². The standard InChI is InChI=1S/C16H20FN5O2/c1-21(16-12-4-13(17)20-15(12)18-8-19-16)11-2-9-5-22(14(24)7-23)6-10(9)3-11/h4,8-11,23H,2-3,5-7H2,1H3,(H,18,19,20)/t9-,10+,11?. The van der Waals surface area contributed by atoms with E-state index < -0.39 is 12.6 Å². The number of nitrogens with zero attached hydrogens (tertiary/aromatic N) is 4. The lowest BCUT2D eigenvalue weighted by molar-refractivity contribution is -0.133. The molecule has 2 fully saturated rings. The summed E-state index contributed by atoms with van der Waals surface area (Å²) in [4.78, 5) is 26.5. The number of carbonyl (C=O) groups excluding carboxylic acids is 1. The summed E-state index contributed by atoms with van der Waals surface area (Å²) in [7, 11) is 1.98. The van der Waals surface area contributed by atoms with Crippen LogP contribution in [0.15, 0.2) is 12.4 Å². The number of aliphatic hydroxyl groups is 1. The lowest BCUT2D eigenvalue weighted by atomic mass is 10.0. The predicted molar refractivity (Wildman–Crippen MR) is 85.9 cm³/mol. The number of hydrogen-bond donors (Lipinski definition) is 2. The number of anilines is 1. The molecule has 8 heteroatoms. The van der Waals surface area contributed by atoms with Crippen molar-refractivity contribution in [1.82, 2.24) is 19.9 Å². The molecular formula is C16H20FN5O2. The first-order valence-corrected chi connectivity index (χ1v) is 8.17. The van der Waals surface area contributed by atoms with Gasteiger partial charge in [-0.1, -0.05) is 0 Å². The second kappa shape index (κ2) is 5.70. The van der Waals surface area contributed by atoms with Gasteiger partial charge in [0.15, 0.2) is 5.95 Å². The Bertz CT molecular complexity index is 765. The molecule has 2 aliphatic rings. The van der Waals surface area contributed by atoms with Crippen LogP contribution in [0.25, 0.3) is 11.0 Å². The van der Waals surface area contributed by atoms with E-state index in [1.165, 1.54) is 12.4 Å². The Morgan fingerprint density at radius 2 is 2.12 bits per heavy atom. The number of H-pyrrole nitrogens is 1. The minimum atomic E-state index is -0.416. The fraction of sp³-hybridized carbons (Fsp3) is 0.562. The molecule has 4 rings (SSSR count). The van der Waals surface area contributed by atoms with E-state index in [2.05, 4.69) is 19.9 Å². The molecule has 1 saturated carbocycles. The highest BCUT2D eigenvalue weighted by molar-refractivity contribution is 5.87. The number of likely N-dealkylation sites (tertiary alicyclic amines) is 1. The zero-order valence-corrected chi connectivity index (χ0v) is 13.4. The van der Waals surface area contributed by atoms with Gasteiger partial charge in [-0.25, -0.2) is 9.97 Å². The number of nitrogens with one attached hydrogen (secondary N) is 1. The van der Waals surface area contributed by atoms with E-state index in [-0.39, 0.29) is 5.91 Å². The lowest BCUT2D eigenvalue weighted by Gasteiger charge is -2.27. The van der Waals surface area contributed by atoms with Crippen molar-refractivity contribution < 1.29 is 14.3 Å². The van der Waals surface area contributed by atoms with Crippen LogP contribution in [0.2, 0.25) is 0 Å². The van der Waals surface area contributed by atoms with Crippen molar-refractivity contribution in [3.63, 3.8) is 0 Å². The minimum absolute atomic E-state index is 0.186. The third-order valence-electron chi connectivity index (χ3n) is 5.47. The monoisotopic (exact) mass is 333 g/mol. The Morgan fingerprint density at radius 3 is 2.79 bits per heavy atom. The number of halogens is 1. The van der Waals surface area contributed by atoms with Gasteiger partial charge in [0.25, 0.3) is 0 Å². The van der Waals surface area contributed by atoms with E-state index >= 15 is 0 Å². The number of amides is 1. The van der Waals surface area contributed by atoms with Crippen LogP contribution in [0.1, 0.15) is 12.8 Å². The van der Waals surface area contributed by atoms with Crippen molar-refractivity contribution in [3.05, 3.63) is 18.3 Å². The number of carbonyl (C=O) groups is 1. The Kier molecular flexibility index (Phi) is 3.64. The van der Waals surface area contributed by atoms with Crippen LogP contribution in [0.5, 0.6) is 0 Å². The van der Waals surface area contributed by atoms with E-state index in [1.54, 1.807) is 4.90 Å². The van der Waals surface area contributed by atoms with Gasteiger partial charge in [-0.3, -0.25) is 4.79 Å². The normalized spacial score (nSPS) is 26.1. The third-order valence-corrected chi connectivity index (χ3v) is 5.47. The molecule has 2 aromatic heterocycles. The summed E-state index contributed by atoms with van der Waals surface area (Å²) in [6.07, 6.45) is 3.38. The first-order valence-electron chi connectivity index (χ1n) is 8.17. The first kappa shape index (κ1) is 15.3. The maximum absolute atomic E-state index is 13.5. The number of rotatable bonds is 3. The number of aliphatic hydroxyl groups excluding tert-OH is 1. The van der Waals surface area contributed by atoms with E-state index in [9.17, 15) is 9.18 Å². The van der Waals surface area contributed by atoms with Gasteiger partial charge >= 0.3 is 0 Å². The fourth-order valence-electron chi connectivity index (χ4n) is 4.24. The summed E-state index contributed by atoms with van der Waals surface area (Å²) >= 11 is 0. The van der Waals surface area contributed by atoms with Gasteiger partial charge in [0.2, 0.25) is 5.91 Å². The minimum Gasteiger partial charge on any atom is -0.387 e. The highest BCUT2D eigenvalue weighted by atomic mass is 19.1. The molecule has 2 aromatic rings. The van der Waals surface area contributed by atoms with E-state index in [1.807, 2.05) is 7.05 Å². The Balaban J connectivity index is 1.51. The summed E-state index contributed by atoms with van der Waals surface area (Å²) in [5.41, 5.74) is 0.502. The maximum Gasteiger partial charge on any atom is 0.248 e. The van der Waals surface area contributed by atoms with Gasteiger partial charge in [0.05, 0.1) is 5.39 Å². The second-order valence-corrected chi connectivity index (χ2v) is 6.79. The zero-order valence-electron chi connectivity index (χ0n) is 13.4. The highest BCUT2D eigenvalue weighted by Gasteiger charge is 2.43. The Labute approximate surface area is 138 Å². The quantitative estimate of drug-likeness (QED) is 0.866. The van der Waals surface area contributed by atoms with Crippen molar-refractivity contribution in [1.29, 1.82) is 0 Å². The summed E-state index contributed by atoms with van der Waals surface area (Å²) in [6.45, 7) is 1.01. The smallest absolute Gasteiger partial charge is 0.248 e. The van der Waals surface area contributed by atoms with Crippen LogP contribution in [0.3, 0.4) is 0 Å². The summed E-state index contributed by atoms with van der Waals surface area (Å²) in [5.74, 6) is 1.03. The van der Waals surface area contributed by atoms with Crippen molar-refractivity contribution in [3.8, 4) is 0 Å². The molecule has 1 aliphatic heterocycles. The second-order valence-electron chi connectivity index (χ2n) is 6.79. The van der Waals surface area contributed by atoms with Gasteiger partial charge in [0.1, 0.15) is 24.4 Å². The topological polar surface area (TPSA) is 85.4 Å². The van der Waals surface area contributed by atoms with Gasteiger partial charge < -0.3 is 19.9 Å². The molecule has 24 heavy (non-hydrogen) atoms. The first-order chi connectivity index (χ1) is 11.6. The van der Waals surface area contributed by atoms with Crippen molar-refractivity contribution in [2.75, 3.05) is 31.6 Å². The maximum atomic E-state index is 13.5.